The van der Waals surface area contributed by atoms with E-state index < -0.39 is 6.10 Å². The molecule has 1 rings (SSSR count). The Balaban J connectivity index is 2.56. The van der Waals surface area contributed by atoms with Gasteiger partial charge < -0.3 is 14.2 Å². The topological polar surface area (TPSA) is 44.8 Å². The number of methoxy groups -OCH3 is 1. The van der Waals surface area contributed by atoms with Crippen LogP contribution in [0.5, 0.6) is 0 Å². The van der Waals surface area contributed by atoms with Crippen molar-refractivity contribution in [1.29, 1.82) is 0 Å². The van der Waals surface area contributed by atoms with Crippen molar-refractivity contribution < 1.29 is 19.0 Å². The molecular weight excluding hydrogens is 232 g/mol. The molecule has 100 valence electrons. The van der Waals surface area contributed by atoms with Crippen molar-refractivity contribution in [2.24, 2.45) is 0 Å². The Morgan fingerprint density at radius 3 is 2.56 bits per heavy atom. The van der Waals surface area contributed by atoms with Gasteiger partial charge in [-0.25, -0.2) is 4.79 Å². The second-order valence-electron chi connectivity index (χ2n) is 3.79. The Hall–Kier alpha value is -1.39. The van der Waals surface area contributed by atoms with Crippen molar-refractivity contribution in [1.82, 2.24) is 0 Å². The number of rotatable bonds is 8. The van der Waals surface area contributed by atoms with Crippen LogP contribution in [0.25, 0.3) is 0 Å². The van der Waals surface area contributed by atoms with E-state index >= 15 is 0 Å². The third-order valence-corrected chi connectivity index (χ3v) is 2.42. The monoisotopic (exact) mass is 252 g/mol. The fourth-order valence-electron chi connectivity index (χ4n) is 1.55. The van der Waals surface area contributed by atoms with E-state index in [9.17, 15) is 4.79 Å². The molecule has 0 saturated heterocycles. The number of benzene rings is 1. The first kappa shape index (κ1) is 14.7. The highest BCUT2D eigenvalue weighted by Gasteiger charge is 2.20. The fraction of sp³-hybridized carbons (Fsp3) is 0.500. The lowest BCUT2D eigenvalue weighted by Crippen LogP contribution is -2.30. The van der Waals surface area contributed by atoms with Crippen molar-refractivity contribution in [3.05, 3.63) is 35.9 Å². The number of ether oxygens (including phenoxy) is 3. The van der Waals surface area contributed by atoms with Gasteiger partial charge >= 0.3 is 5.97 Å². The third-order valence-electron chi connectivity index (χ3n) is 2.42. The Morgan fingerprint density at radius 1 is 1.22 bits per heavy atom. The zero-order chi connectivity index (χ0) is 13.2. The molecule has 0 aliphatic rings. The third kappa shape index (κ3) is 5.29. The molecule has 0 bridgehead atoms. The van der Waals surface area contributed by atoms with Crippen molar-refractivity contribution in [2.45, 2.75) is 19.4 Å². The number of esters is 1. The summed E-state index contributed by atoms with van der Waals surface area (Å²) in [6.07, 6.45) is -0.0499. The van der Waals surface area contributed by atoms with Gasteiger partial charge in [0.05, 0.1) is 19.8 Å². The van der Waals surface area contributed by atoms with Crippen molar-refractivity contribution in [3.8, 4) is 0 Å². The largest absolute Gasteiger partial charge is 0.464 e. The molecule has 0 fully saturated rings. The summed E-state index contributed by atoms with van der Waals surface area (Å²) < 4.78 is 15.4. The zero-order valence-electron chi connectivity index (χ0n) is 10.9. The SMILES string of the molecule is CCOC(=O)C(Cc1ccccc1)OCCOC. The van der Waals surface area contributed by atoms with Crippen LogP contribution in [0.2, 0.25) is 0 Å². The minimum Gasteiger partial charge on any atom is -0.464 e. The number of carbonyl (C=O) groups excluding carboxylic acids is 1. The molecule has 0 saturated carbocycles. The summed E-state index contributed by atoms with van der Waals surface area (Å²) >= 11 is 0. The molecule has 1 aromatic rings. The Kier molecular flexibility index (Phi) is 7.06. The van der Waals surface area contributed by atoms with E-state index in [0.29, 0.717) is 26.2 Å². The second kappa shape index (κ2) is 8.66. The van der Waals surface area contributed by atoms with E-state index in [4.69, 9.17) is 14.2 Å². The van der Waals surface area contributed by atoms with Gasteiger partial charge in [-0.1, -0.05) is 30.3 Å². The van der Waals surface area contributed by atoms with Crippen molar-refractivity contribution >= 4 is 5.97 Å². The van der Waals surface area contributed by atoms with Gasteiger partial charge in [-0.2, -0.15) is 0 Å². The summed E-state index contributed by atoms with van der Waals surface area (Å²) in [6, 6.07) is 9.74. The molecule has 0 heterocycles. The maximum Gasteiger partial charge on any atom is 0.335 e. The van der Waals surface area contributed by atoms with Crippen LogP contribution in [0.15, 0.2) is 30.3 Å². The summed E-state index contributed by atoms with van der Waals surface area (Å²) in [4.78, 5) is 11.8. The second-order valence-corrected chi connectivity index (χ2v) is 3.79. The predicted octanol–water partition coefficient (Wildman–Crippen LogP) is 1.82. The number of hydrogen-bond acceptors (Lipinski definition) is 4. The highest BCUT2D eigenvalue weighted by molar-refractivity contribution is 5.75. The van der Waals surface area contributed by atoms with Crippen LogP contribution in [-0.4, -0.2) is 39.0 Å². The molecule has 4 heteroatoms. The van der Waals surface area contributed by atoms with Gasteiger partial charge in [0.2, 0.25) is 0 Å². The lowest BCUT2D eigenvalue weighted by Gasteiger charge is -2.16. The van der Waals surface area contributed by atoms with E-state index in [0.717, 1.165) is 5.56 Å². The Labute approximate surface area is 108 Å². The van der Waals surface area contributed by atoms with Crippen LogP contribution < -0.4 is 0 Å². The average Bonchev–Trinajstić information content (AvgIpc) is 2.39. The molecule has 0 aromatic heterocycles. The Morgan fingerprint density at radius 2 is 1.94 bits per heavy atom. The maximum absolute atomic E-state index is 11.8. The lowest BCUT2D eigenvalue weighted by atomic mass is 10.1. The highest BCUT2D eigenvalue weighted by Crippen LogP contribution is 2.08. The van der Waals surface area contributed by atoms with Gasteiger partial charge in [0.1, 0.15) is 0 Å². The maximum atomic E-state index is 11.8. The van der Waals surface area contributed by atoms with Crippen LogP contribution in [0.3, 0.4) is 0 Å². The molecule has 18 heavy (non-hydrogen) atoms. The molecule has 1 unspecified atom stereocenters. The summed E-state index contributed by atoms with van der Waals surface area (Å²) in [6.45, 7) is 2.99. The first-order chi connectivity index (χ1) is 8.77. The first-order valence-corrected chi connectivity index (χ1v) is 6.09. The van der Waals surface area contributed by atoms with Crippen LogP contribution in [0.4, 0.5) is 0 Å². The number of carbonyl (C=O) groups is 1. The van der Waals surface area contributed by atoms with Gasteiger partial charge in [-0.3, -0.25) is 0 Å². The summed E-state index contributed by atoms with van der Waals surface area (Å²) in [5.74, 6) is -0.322. The van der Waals surface area contributed by atoms with E-state index in [1.54, 1.807) is 14.0 Å². The molecule has 0 N–H and O–H groups in total. The summed E-state index contributed by atoms with van der Waals surface area (Å²) in [7, 11) is 1.60. The van der Waals surface area contributed by atoms with Gasteiger partial charge in [-0.15, -0.1) is 0 Å². The van der Waals surface area contributed by atoms with E-state index in [-0.39, 0.29) is 5.97 Å². The zero-order valence-corrected chi connectivity index (χ0v) is 10.9. The molecule has 0 spiro atoms. The Bertz CT molecular complexity index is 337. The van der Waals surface area contributed by atoms with Crippen LogP contribution in [0, 0.1) is 0 Å². The average molecular weight is 252 g/mol. The van der Waals surface area contributed by atoms with E-state index in [1.807, 2.05) is 30.3 Å². The van der Waals surface area contributed by atoms with Crippen LogP contribution in [-0.2, 0) is 25.4 Å². The highest BCUT2D eigenvalue weighted by atomic mass is 16.6. The predicted molar refractivity (Wildman–Crippen MR) is 68.4 cm³/mol. The van der Waals surface area contributed by atoms with Crippen LogP contribution in [0.1, 0.15) is 12.5 Å². The van der Waals surface area contributed by atoms with Gasteiger partial charge in [-0.05, 0) is 12.5 Å². The van der Waals surface area contributed by atoms with Crippen LogP contribution >= 0.6 is 0 Å². The molecule has 1 atom stereocenters. The molecule has 4 nitrogen and oxygen atoms in total. The number of hydrogen-bond donors (Lipinski definition) is 0. The first-order valence-electron chi connectivity index (χ1n) is 6.09. The minimum absolute atomic E-state index is 0.322. The molecule has 0 aliphatic heterocycles. The van der Waals surface area contributed by atoms with E-state index in [2.05, 4.69) is 0 Å². The smallest absolute Gasteiger partial charge is 0.335 e. The van der Waals surface area contributed by atoms with Crippen molar-refractivity contribution in [3.63, 3.8) is 0 Å². The van der Waals surface area contributed by atoms with Gasteiger partial charge in [0.25, 0.3) is 0 Å². The summed E-state index contributed by atoms with van der Waals surface area (Å²) in [5.41, 5.74) is 1.05. The molecular formula is C14H20O4. The van der Waals surface area contributed by atoms with Gasteiger partial charge in [0, 0.05) is 13.5 Å². The normalized spacial score (nSPS) is 12.1. The van der Waals surface area contributed by atoms with Gasteiger partial charge in [0.15, 0.2) is 6.10 Å². The standard InChI is InChI=1S/C14H20O4/c1-3-17-14(15)13(18-10-9-16-2)11-12-7-5-4-6-8-12/h4-8,13H,3,9-11H2,1-2H3. The summed E-state index contributed by atoms with van der Waals surface area (Å²) in [5, 5.41) is 0. The molecule has 1 aromatic carbocycles. The molecule has 0 amide bonds. The van der Waals surface area contributed by atoms with E-state index in [1.165, 1.54) is 0 Å². The minimum atomic E-state index is -0.567. The fourth-order valence-corrected chi connectivity index (χ4v) is 1.55. The lowest BCUT2D eigenvalue weighted by molar-refractivity contribution is -0.157. The quantitative estimate of drug-likeness (QED) is 0.523. The van der Waals surface area contributed by atoms with Crippen molar-refractivity contribution in [2.75, 3.05) is 26.9 Å². The molecule has 0 aliphatic carbocycles. The molecule has 0 radical (unpaired) electrons.